The van der Waals surface area contributed by atoms with E-state index in [2.05, 4.69) is 159 Å². The van der Waals surface area contributed by atoms with E-state index in [9.17, 15) is 0 Å². The first-order valence-corrected chi connectivity index (χ1v) is 14.8. The number of furan rings is 1. The van der Waals surface area contributed by atoms with Gasteiger partial charge in [-0.15, -0.1) is 0 Å². The molecule has 0 aliphatic rings. The van der Waals surface area contributed by atoms with Crippen LogP contribution in [0.3, 0.4) is 0 Å². The number of benzene rings is 7. The van der Waals surface area contributed by atoms with Crippen molar-refractivity contribution in [1.82, 2.24) is 0 Å². The summed E-state index contributed by atoms with van der Waals surface area (Å²) in [5, 5.41) is 6.12. The molecule has 1 heterocycles. The van der Waals surface area contributed by atoms with E-state index in [0.717, 1.165) is 39.0 Å². The highest BCUT2D eigenvalue weighted by atomic mass is 16.3. The zero-order valence-electron chi connectivity index (χ0n) is 24.3. The van der Waals surface area contributed by atoms with Crippen LogP contribution in [0.4, 0.5) is 0 Å². The molecule has 1 nitrogen and oxygen atoms in total. The van der Waals surface area contributed by atoms with Crippen molar-refractivity contribution in [3.63, 3.8) is 0 Å². The average molecular weight is 551 g/mol. The molecule has 0 radical (unpaired) electrons. The lowest BCUT2D eigenvalue weighted by atomic mass is 9.91. The molecule has 1 heteroatoms. The molecule has 0 bridgehead atoms. The lowest BCUT2D eigenvalue weighted by Gasteiger charge is -2.13. The zero-order chi connectivity index (χ0) is 28.9. The highest BCUT2D eigenvalue weighted by Crippen LogP contribution is 2.43. The summed E-state index contributed by atoms with van der Waals surface area (Å²) >= 11 is 0. The van der Waals surface area contributed by atoms with Gasteiger partial charge >= 0.3 is 0 Å². The Balaban J connectivity index is 1.30. The van der Waals surface area contributed by atoms with Gasteiger partial charge < -0.3 is 4.42 Å². The number of aryl methyl sites for hydroxylation is 2. The fraction of sp³-hybridized carbons (Fsp3) is 0.0476. The van der Waals surface area contributed by atoms with Crippen molar-refractivity contribution in [2.45, 2.75) is 13.8 Å². The van der Waals surface area contributed by atoms with Gasteiger partial charge in [0.25, 0.3) is 0 Å². The molecule has 0 saturated heterocycles. The first kappa shape index (κ1) is 25.3. The second-order valence-corrected chi connectivity index (χ2v) is 11.5. The minimum Gasteiger partial charge on any atom is -0.455 e. The van der Waals surface area contributed by atoms with E-state index >= 15 is 0 Å². The molecular weight excluding hydrogens is 520 g/mol. The predicted molar refractivity (Wildman–Crippen MR) is 182 cm³/mol. The van der Waals surface area contributed by atoms with Gasteiger partial charge in [0.2, 0.25) is 0 Å². The van der Waals surface area contributed by atoms with Crippen LogP contribution in [0, 0.1) is 13.8 Å². The molecule has 0 N–H and O–H groups in total. The fourth-order valence-electron chi connectivity index (χ4n) is 6.34. The van der Waals surface area contributed by atoms with Crippen LogP contribution in [0.2, 0.25) is 0 Å². The molecule has 0 aliphatic carbocycles. The molecule has 0 amide bonds. The molecule has 1 aromatic heterocycles. The molecule has 204 valence electrons. The summed E-state index contributed by atoms with van der Waals surface area (Å²) in [5.41, 5.74) is 11.6. The van der Waals surface area contributed by atoms with Crippen LogP contribution >= 0.6 is 0 Å². The molecule has 0 atom stereocenters. The van der Waals surface area contributed by atoms with Gasteiger partial charge in [-0.05, 0) is 81.4 Å². The molecule has 7 aromatic carbocycles. The minimum absolute atomic E-state index is 0.895. The van der Waals surface area contributed by atoms with Crippen molar-refractivity contribution in [2.24, 2.45) is 0 Å². The van der Waals surface area contributed by atoms with Crippen LogP contribution < -0.4 is 0 Å². The second-order valence-electron chi connectivity index (χ2n) is 11.5. The van der Waals surface area contributed by atoms with Crippen LogP contribution in [-0.2, 0) is 0 Å². The smallest absolute Gasteiger partial charge is 0.143 e. The van der Waals surface area contributed by atoms with Crippen LogP contribution in [-0.4, -0.2) is 0 Å². The minimum atomic E-state index is 0.895. The number of fused-ring (bicyclic) bond motifs is 3. The van der Waals surface area contributed by atoms with E-state index in [0.29, 0.717) is 0 Å². The topological polar surface area (TPSA) is 13.1 Å². The third-order valence-corrected chi connectivity index (χ3v) is 8.64. The van der Waals surface area contributed by atoms with Gasteiger partial charge in [-0.3, -0.25) is 0 Å². The molecule has 8 aromatic rings. The summed E-state index contributed by atoms with van der Waals surface area (Å²) in [7, 11) is 0. The SMILES string of the molecule is Cc1ccc(-c2oc3cc(-c4ccc(-c5ccc6ccccc6c5)c5ccccc45)ccc3c2-c2ccc(C)cc2)cc1. The third-order valence-electron chi connectivity index (χ3n) is 8.64. The van der Waals surface area contributed by atoms with Crippen molar-refractivity contribution in [2.75, 3.05) is 0 Å². The van der Waals surface area contributed by atoms with Gasteiger partial charge in [-0.1, -0.05) is 139 Å². The second kappa shape index (κ2) is 10.2. The van der Waals surface area contributed by atoms with E-state index in [-0.39, 0.29) is 0 Å². The van der Waals surface area contributed by atoms with Crippen molar-refractivity contribution in [3.05, 3.63) is 157 Å². The van der Waals surface area contributed by atoms with Gasteiger partial charge in [0, 0.05) is 16.5 Å². The maximum absolute atomic E-state index is 6.72. The Morgan fingerprint density at radius 3 is 1.60 bits per heavy atom. The van der Waals surface area contributed by atoms with Gasteiger partial charge in [-0.25, -0.2) is 0 Å². The van der Waals surface area contributed by atoms with E-state index in [1.165, 1.54) is 49.4 Å². The Morgan fingerprint density at radius 2 is 0.930 bits per heavy atom. The van der Waals surface area contributed by atoms with E-state index < -0.39 is 0 Å². The zero-order valence-corrected chi connectivity index (χ0v) is 24.3. The van der Waals surface area contributed by atoms with Crippen LogP contribution in [0.25, 0.3) is 77.2 Å². The number of rotatable bonds is 4. The maximum atomic E-state index is 6.72. The Morgan fingerprint density at radius 1 is 0.395 bits per heavy atom. The molecule has 43 heavy (non-hydrogen) atoms. The van der Waals surface area contributed by atoms with Crippen molar-refractivity contribution >= 4 is 32.5 Å². The van der Waals surface area contributed by atoms with E-state index in [4.69, 9.17) is 4.42 Å². The Hall–Kier alpha value is -5.40. The molecular formula is C42H30O. The summed E-state index contributed by atoms with van der Waals surface area (Å²) in [6.07, 6.45) is 0. The fourth-order valence-corrected chi connectivity index (χ4v) is 6.34. The van der Waals surface area contributed by atoms with Gasteiger partial charge in [0.05, 0.1) is 0 Å². The molecule has 0 unspecified atom stereocenters. The summed E-state index contributed by atoms with van der Waals surface area (Å²) in [4.78, 5) is 0. The number of hydrogen-bond donors (Lipinski definition) is 0. The maximum Gasteiger partial charge on any atom is 0.143 e. The van der Waals surface area contributed by atoms with Crippen LogP contribution in [0.1, 0.15) is 11.1 Å². The Labute approximate surface area is 251 Å². The van der Waals surface area contributed by atoms with E-state index in [1.807, 2.05) is 0 Å². The molecule has 0 fully saturated rings. The van der Waals surface area contributed by atoms with Crippen molar-refractivity contribution < 1.29 is 4.42 Å². The summed E-state index contributed by atoms with van der Waals surface area (Å²) in [6.45, 7) is 4.24. The normalized spacial score (nSPS) is 11.5. The number of hydrogen-bond acceptors (Lipinski definition) is 1. The molecule has 0 aliphatic heterocycles. The lowest BCUT2D eigenvalue weighted by molar-refractivity contribution is 0.632. The molecule has 0 saturated carbocycles. The predicted octanol–water partition coefficient (Wildman–Crippen LogP) is 12.0. The molecule has 8 rings (SSSR count). The third kappa shape index (κ3) is 4.42. The lowest BCUT2D eigenvalue weighted by Crippen LogP contribution is -1.87. The van der Waals surface area contributed by atoms with Gasteiger partial charge in [0.15, 0.2) is 0 Å². The summed E-state index contributed by atoms with van der Waals surface area (Å²) in [6, 6.07) is 52.6. The monoisotopic (exact) mass is 550 g/mol. The Bertz CT molecular complexity index is 2280. The largest absolute Gasteiger partial charge is 0.455 e. The van der Waals surface area contributed by atoms with Crippen molar-refractivity contribution in [3.8, 4) is 44.7 Å². The molecule has 0 spiro atoms. The highest BCUT2D eigenvalue weighted by Gasteiger charge is 2.19. The average Bonchev–Trinajstić information content (AvgIpc) is 3.43. The first-order valence-electron chi connectivity index (χ1n) is 14.8. The van der Waals surface area contributed by atoms with E-state index in [1.54, 1.807) is 0 Å². The van der Waals surface area contributed by atoms with Gasteiger partial charge in [-0.2, -0.15) is 0 Å². The van der Waals surface area contributed by atoms with Gasteiger partial charge in [0.1, 0.15) is 11.3 Å². The summed E-state index contributed by atoms with van der Waals surface area (Å²) < 4.78 is 6.72. The first-order chi connectivity index (χ1) is 21.1. The highest BCUT2D eigenvalue weighted by molar-refractivity contribution is 6.08. The van der Waals surface area contributed by atoms with Crippen LogP contribution in [0.5, 0.6) is 0 Å². The standard InChI is InChI=1S/C42H30O/c1-27-11-15-30(16-12-27)41-39-22-21-34(26-40(39)43-42(41)31-17-13-28(2)14-18-31)36-24-23-35(37-9-5-6-10-38(36)37)33-20-19-29-7-3-4-8-32(29)25-33/h3-26H,1-2H3. The Kier molecular flexibility index (Phi) is 5.98. The van der Waals surface area contributed by atoms with Crippen molar-refractivity contribution in [1.29, 1.82) is 0 Å². The quantitative estimate of drug-likeness (QED) is 0.212. The summed E-state index contributed by atoms with van der Waals surface area (Å²) in [5.74, 6) is 0.910. The van der Waals surface area contributed by atoms with Crippen LogP contribution in [0.15, 0.2) is 150 Å².